The van der Waals surface area contributed by atoms with Crippen molar-refractivity contribution in [3.8, 4) is 0 Å². The summed E-state index contributed by atoms with van der Waals surface area (Å²) in [5, 5.41) is 11.6. The number of nitrogens with two attached hydrogens (primary N) is 1. The Kier molecular flexibility index (Phi) is 5.91. The van der Waals surface area contributed by atoms with Crippen molar-refractivity contribution in [1.82, 2.24) is 20.1 Å². The molecule has 3 rings (SSSR count). The van der Waals surface area contributed by atoms with E-state index in [0.29, 0.717) is 5.16 Å². The number of thioether (sulfide) groups is 1. The highest BCUT2D eigenvalue weighted by atomic mass is 32.2. The summed E-state index contributed by atoms with van der Waals surface area (Å²) in [6.07, 6.45) is 0. The Hall–Kier alpha value is -2.80. The third-order valence-corrected chi connectivity index (χ3v) is 4.97. The molecule has 0 radical (unpaired) electrons. The Bertz CT molecular complexity index is 851. The lowest BCUT2D eigenvalue weighted by molar-refractivity contribution is -0.122. The van der Waals surface area contributed by atoms with E-state index in [1.807, 2.05) is 67.6 Å². The Morgan fingerprint density at radius 3 is 2.46 bits per heavy atom. The van der Waals surface area contributed by atoms with Crippen molar-refractivity contribution in [2.45, 2.75) is 30.4 Å². The van der Waals surface area contributed by atoms with Gasteiger partial charge in [-0.05, 0) is 18.1 Å². The number of nitrogen functional groups attached to an aromatic ring is 1. The fourth-order valence-corrected chi connectivity index (χ4v) is 3.43. The summed E-state index contributed by atoms with van der Waals surface area (Å²) in [6.45, 7) is 2.04. The van der Waals surface area contributed by atoms with Crippen molar-refractivity contribution < 1.29 is 4.79 Å². The number of benzene rings is 2. The van der Waals surface area contributed by atoms with Crippen LogP contribution in [0.3, 0.4) is 0 Å². The molecule has 1 atom stereocenters. The van der Waals surface area contributed by atoms with Crippen LogP contribution in [-0.4, -0.2) is 20.7 Å². The zero-order valence-corrected chi connectivity index (χ0v) is 15.3. The largest absolute Gasteiger partial charge is 0.368 e. The Balaban J connectivity index is 1.62. The van der Waals surface area contributed by atoms with E-state index in [1.165, 1.54) is 17.3 Å². The molecule has 1 aromatic heterocycles. The molecule has 134 valence electrons. The van der Waals surface area contributed by atoms with Crippen LogP contribution in [0.25, 0.3) is 0 Å². The molecular formula is C19H21N5OS. The van der Waals surface area contributed by atoms with Gasteiger partial charge < -0.3 is 11.1 Å². The highest BCUT2D eigenvalue weighted by Crippen LogP contribution is 2.22. The molecular weight excluding hydrogens is 346 g/mol. The molecule has 0 fully saturated rings. The summed E-state index contributed by atoms with van der Waals surface area (Å²) in [4.78, 5) is 12.4. The minimum atomic E-state index is -0.130. The number of hydrogen-bond acceptors (Lipinski definition) is 5. The highest BCUT2D eigenvalue weighted by Gasteiger charge is 2.15. The summed E-state index contributed by atoms with van der Waals surface area (Å²) in [5.41, 5.74) is 8.12. The average Bonchev–Trinajstić information content (AvgIpc) is 3.01. The van der Waals surface area contributed by atoms with Gasteiger partial charge in [0, 0.05) is 5.75 Å². The van der Waals surface area contributed by atoms with Gasteiger partial charge >= 0.3 is 0 Å². The minimum absolute atomic E-state index is 0.0816. The number of carbonyl (C=O) groups is 1. The van der Waals surface area contributed by atoms with E-state index in [0.717, 1.165) is 11.3 Å². The van der Waals surface area contributed by atoms with E-state index in [9.17, 15) is 4.79 Å². The van der Waals surface area contributed by atoms with Gasteiger partial charge in [-0.15, -0.1) is 10.2 Å². The normalized spacial score (nSPS) is 11.9. The van der Waals surface area contributed by atoms with Gasteiger partial charge in [0.05, 0.1) is 6.04 Å². The predicted octanol–water partition coefficient (Wildman–Crippen LogP) is 3.03. The van der Waals surface area contributed by atoms with Gasteiger partial charge in [-0.2, -0.15) is 0 Å². The van der Waals surface area contributed by atoms with Crippen LogP contribution in [0.4, 0.5) is 5.95 Å². The van der Waals surface area contributed by atoms with Gasteiger partial charge in [-0.3, -0.25) is 9.36 Å². The van der Waals surface area contributed by atoms with E-state index in [1.54, 1.807) is 4.57 Å². The zero-order chi connectivity index (χ0) is 18.4. The van der Waals surface area contributed by atoms with Crippen molar-refractivity contribution >= 4 is 23.6 Å². The van der Waals surface area contributed by atoms with Crippen LogP contribution in [-0.2, 0) is 17.1 Å². The lowest BCUT2D eigenvalue weighted by Crippen LogP contribution is -2.30. The number of hydrogen-bond donors (Lipinski definition) is 2. The molecule has 1 heterocycles. The SMILES string of the molecule is C[C@H](NC(=O)Cn1c(N)nnc1SCc1ccccc1)c1ccccc1. The van der Waals surface area contributed by atoms with Crippen LogP contribution < -0.4 is 11.1 Å². The molecule has 0 bridgehead atoms. The van der Waals surface area contributed by atoms with Gasteiger partial charge in [0.1, 0.15) is 6.54 Å². The smallest absolute Gasteiger partial charge is 0.240 e. The van der Waals surface area contributed by atoms with Gasteiger partial charge in [0.15, 0.2) is 5.16 Å². The maximum Gasteiger partial charge on any atom is 0.240 e. The standard InChI is InChI=1S/C19H21N5OS/c1-14(16-10-6-3-7-11-16)21-17(25)12-24-18(20)22-23-19(24)26-13-15-8-4-2-5-9-15/h2-11,14H,12-13H2,1H3,(H2,20,22)(H,21,25)/t14-/m0/s1. The quantitative estimate of drug-likeness (QED) is 0.627. The predicted molar refractivity (Wildman–Crippen MR) is 103 cm³/mol. The lowest BCUT2D eigenvalue weighted by Gasteiger charge is -2.15. The molecule has 2 aromatic carbocycles. The summed E-state index contributed by atoms with van der Waals surface area (Å²) in [6, 6.07) is 19.8. The first-order valence-corrected chi connectivity index (χ1v) is 9.32. The van der Waals surface area contributed by atoms with Crippen molar-refractivity contribution in [1.29, 1.82) is 0 Å². The zero-order valence-electron chi connectivity index (χ0n) is 14.5. The number of aromatic nitrogens is 3. The summed E-state index contributed by atoms with van der Waals surface area (Å²) < 4.78 is 1.64. The van der Waals surface area contributed by atoms with Crippen LogP contribution in [0.5, 0.6) is 0 Å². The van der Waals surface area contributed by atoms with E-state index < -0.39 is 0 Å². The molecule has 0 aliphatic heterocycles. The first-order chi connectivity index (χ1) is 12.6. The van der Waals surface area contributed by atoms with Gasteiger partial charge in [-0.1, -0.05) is 72.4 Å². The number of carbonyl (C=O) groups excluding carboxylic acids is 1. The van der Waals surface area contributed by atoms with Crippen LogP contribution >= 0.6 is 11.8 Å². The van der Waals surface area contributed by atoms with Gasteiger partial charge in [0.25, 0.3) is 0 Å². The molecule has 0 aliphatic rings. The number of nitrogens with one attached hydrogen (secondary N) is 1. The van der Waals surface area contributed by atoms with Crippen LogP contribution in [0.1, 0.15) is 24.1 Å². The average molecular weight is 367 g/mol. The maximum atomic E-state index is 12.4. The second kappa shape index (κ2) is 8.53. The summed E-state index contributed by atoms with van der Waals surface area (Å²) in [5.74, 6) is 0.846. The Morgan fingerprint density at radius 1 is 1.12 bits per heavy atom. The number of anilines is 1. The molecule has 0 saturated carbocycles. The molecule has 26 heavy (non-hydrogen) atoms. The van der Waals surface area contributed by atoms with Crippen molar-refractivity contribution in [3.05, 3.63) is 71.8 Å². The summed E-state index contributed by atoms with van der Waals surface area (Å²) >= 11 is 1.51. The van der Waals surface area contributed by atoms with Crippen LogP contribution in [0.15, 0.2) is 65.8 Å². The van der Waals surface area contributed by atoms with Crippen molar-refractivity contribution in [2.75, 3.05) is 5.73 Å². The summed E-state index contributed by atoms with van der Waals surface area (Å²) in [7, 11) is 0. The first-order valence-electron chi connectivity index (χ1n) is 8.33. The van der Waals surface area contributed by atoms with E-state index in [2.05, 4.69) is 15.5 Å². The second-order valence-corrected chi connectivity index (χ2v) is 6.84. The molecule has 0 aliphatic carbocycles. The molecule has 0 spiro atoms. The monoisotopic (exact) mass is 367 g/mol. The molecule has 0 saturated heterocycles. The van der Waals surface area contributed by atoms with E-state index in [4.69, 9.17) is 5.73 Å². The molecule has 3 aromatic rings. The first kappa shape index (κ1) is 18.0. The van der Waals surface area contributed by atoms with Crippen molar-refractivity contribution in [3.63, 3.8) is 0 Å². The van der Waals surface area contributed by atoms with E-state index >= 15 is 0 Å². The van der Waals surface area contributed by atoms with Crippen molar-refractivity contribution in [2.24, 2.45) is 0 Å². The third kappa shape index (κ3) is 4.64. The topological polar surface area (TPSA) is 85.8 Å². The van der Waals surface area contributed by atoms with Crippen LogP contribution in [0, 0.1) is 0 Å². The second-order valence-electron chi connectivity index (χ2n) is 5.90. The molecule has 6 nitrogen and oxygen atoms in total. The molecule has 3 N–H and O–H groups in total. The number of rotatable bonds is 7. The minimum Gasteiger partial charge on any atom is -0.368 e. The third-order valence-electron chi connectivity index (χ3n) is 3.94. The molecule has 7 heteroatoms. The Labute approximate surface area is 156 Å². The van der Waals surface area contributed by atoms with E-state index in [-0.39, 0.29) is 24.4 Å². The molecule has 1 amide bonds. The number of amides is 1. The lowest BCUT2D eigenvalue weighted by atomic mass is 10.1. The highest BCUT2D eigenvalue weighted by molar-refractivity contribution is 7.98. The fraction of sp³-hybridized carbons (Fsp3) is 0.211. The van der Waals surface area contributed by atoms with Crippen LogP contribution in [0.2, 0.25) is 0 Å². The Morgan fingerprint density at radius 2 is 1.77 bits per heavy atom. The van der Waals surface area contributed by atoms with Gasteiger partial charge in [-0.25, -0.2) is 0 Å². The maximum absolute atomic E-state index is 12.4. The fourth-order valence-electron chi connectivity index (χ4n) is 2.53. The van der Waals surface area contributed by atoms with Gasteiger partial charge in [0.2, 0.25) is 11.9 Å². The number of nitrogens with zero attached hydrogens (tertiary/aromatic N) is 3. The molecule has 0 unspecified atom stereocenters.